The van der Waals surface area contributed by atoms with Crippen molar-refractivity contribution in [1.29, 1.82) is 0 Å². The van der Waals surface area contributed by atoms with Gasteiger partial charge in [0.2, 0.25) is 5.13 Å². The highest BCUT2D eigenvalue weighted by Crippen LogP contribution is 2.30. The van der Waals surface area contributed by atoms with E-state index in [1.54, 1.807) is 30.4 Å². The third kappa shape index (κ3) is 3.26. The Labute approximate surface area is 134 Å². The number of nitrogens with one attached hydrogen (secondary N) is 1. The van der Waals surface area contributed by atoms with E-state index in [4.69, 9.17) is 4.74 Å². The van der Waals surface area contributed by atoms with Gasteiger partial charge in [-0.3, -0.25) is 0 Å². The Morgan fingerprint density at radius 2 is 2.14 bits per heavy atom. The second kappa shape index (κ2) is 6.58. The van der Waals surface area contributed by atoms with Crippen LogP contribution >= 0.6 is 22.7 Å². The predicted molar refractivity (Wildman–Crippen MR) is 84.5 cm³/mol. The number of hydrogen-bond donors (Lipinski definition) is 1. The zero-order valence-electron chi connectivity index (χ0n) is 11.5. The molecule has 3 rings (SSSR count). The largest absolute Gasteiger partial charge is 0.461 e. The van der Waals surface area contributed by atoms with Gasteiger partial charge in [0.15, 0.2) is 16.5 Å². The maximum atomic E-state index is 11.5. The van der Waals surface area contributed by atoms with Crippen LogP contribution in [0.5, 0.6) is 0 Å². The van der Waals surface area contributed by atoms with Crippen LogP contribution in [0.25, 0.3) is 9.88 Å². The van der Waals surface area contributed by atoms with Gasteiger partial charge in [0.25, 0.3) is 0 Å². The van der Waals surface area contributed by atoms with Crippen LogP contribution in [0.2, 0.25) is 0 Å². The molecule has 0 aliphatic rings. The molecule has 3 aromatic heterocycles. The van der Waals surface area contributed by atoms with Crippen molar-refractivity contribution < 1.29 is 9.53 Å². The Hall–Kier alpha value is -2.39. The molecule has 112 valence electrons. The maximum absolute atomic E-state index is 11.5. The van der Waals surface area contributed by atoms with Crippen LogP contribution in [-0.4, -0.2) is 33.0 Å². The number of nitrogens with zero attached hydrogens (tertiary/aromatic N) is 4. The van der Waals surface area contributed by atoms with Crippen molar-refractivity contribution in [1.82, 2.24) is 20.4 Å². The molecule has 0 saturated heterocycles. The van der Waals surface area contributed by atoms with Crippen LogP contribution in [-0.2, 0) is 4.74 Å². The molecule has 0 atom stereocenters. The summed E-state index contributed by atoms with van der Waals surface area (Å²) in [5, 5.41) is 22.4. The fourth-order valence-electron chi connectivity index (χ4n) is 1.60. The summed E-state index contributed by atoms with van der Waals surface area (Å²) in [7, 11) is 0. The minimum Gasteiger partial charge on any atom is -0.461 e. The molecule has 0 fully saturated rings. The molecular weight excluding hydrogens is 322 g/mol. The molecule has 0 unspecified atom stereocenters. The Morgan fingerprint density at radius 1 is 1.23 bits per heavy atom. The molecule has 0 saturated carbocycles. The van der Waals surface area contributed by atoms with Crippen molar-refractivity contribution in [2.24, 2.45) is 0 Å². The van der Waals surface area contributed by atoms with Crippen molar-refractivity contribution in [3.8, 4) is 9.88 Å². The van der Waals surface area contributed by atoms with Crippen LogP contribution in [0.1, 0.15) is 17.4 Å². The number of carbonyl (C=O) groups excluding carboxylic acids is 1. The summed E-state index contributed by atoms with van der Waals surface area (Å²) in [5.74, 6) is -0.000579. The Balaban J connectivity index is 1.70. The Morgan fingerprint density at radius 3 is 2.82 bits per heavy atom. The zero-order valence-corrected chi connectivity index (χ0v) is 13.1. The lowest BCUT2D eigenvalue weighted by Gasteiger charge is -2.02. The van der Waals surface area contributed by atoms with E-state index in [1.807, 2.05) is 17.5 Å². The van der Waals surface area contributed by atoms with Crippen LogP contribution in [0.3, 0.4) is 0 Å². The van der Waals surface area contributed by atoms with E-state index in [9.17, 15) is 4.79 Å². The highest BCUT2D eigenvalue weighted by Gasteiger charge is 2.11. The first-order chi connectivity index (χ1) is 10.8. The van der Waals surface area contributed by atoms with Crippen LogP contribution in [0.4, 0.5) is 10.9 Å². The number of ether oxygens (including phenoxy) is 1. The van der Waals surface area contributed by atoms with Gasteiger partial charge in [0.1, 0.15) is 0 Å². The third-order valence-corrected chi connectivity index (χ3v) is 4.42. The number of hydrogen-bond acceptors (Lipinski definition) is 9. The number of aromatic nitrogens is 4. The molecule has 3 heterocycles. The molecule has 3 aromatic rings. The van der Waals surface area contributed by atoms with Crippen LogP contribution in [0, 0.1) is 0 Å². The molecule has 1 N–H and O–H groups in total. The van der Waals surface area contributed by atoms with E-state index >= 15 is 0 Å². The Bertz CT molecular complexity index is 755. The average molecular weight is 333 g/mol. The second-order valence-electron chi connectivity index (χ2n) is 4.04. The van der Waals surface area contributed by atoms with Gasteiger partial charge in [-0.25, -0.2) is 4.79 Å². The molecule has 0 spiro atoms. The fourth-order valence-corrected chi connectivity index (χ4v) is 3.14. The van der Waals surface area contributed by atoms with Crippen molar-refractivity contribution >= 4 is 39.6 Å². The van der Waals surface area contributed by atoms with Crippen molar-refractivity contribution in [3.05, 3.63) is 35.3 Å². The summed E-state index contributed by atoms with van der Waals surface area (Å²) < 4.78 is 4.85. The standard InChI is InChI=1S/C13H11N5O2S2/c1-2-20-12(19)8-5-6-10(16-15-8)14-13-18-17-11(22-13)9-4-3-7-21-9/h3-7H,2H2,1H3,(H,14,16,18). The van der Waals surface area contributed by atoms with Gasteiger partial charge in [0.05, 0.1) is 11.5 Å². The number of rotatable bonds is 5. The molecule has 22 heavy (non-hydrogen) atoms. The highest BCUT2D eigenvalue weighted by atomic mass is 32.1. The number of thiophene rings is 1. The third-order valence-electron chi connectivity index (χ3n) is 2.54. The molecule has 0 aliphatic carbocycles. The highest BCUT2D eigenvalue weighted by molar-refractivity contribution is 7.22. The minimum atomic E-state index is -0.488. The summed E-state index contributed by atoms with van der Waals surface area (Å²) in [6, 6.07) is 7.15. The lowest BCUT2D eigenvalue weighted by molar-refractivity contribution is 0.0518. The van der Waals surface area contributed by atoms with E-state index < -0.39 is 5.97 Å². The van der Waals surface area contributed by atoms with Gasteiger partial charge in [-0.15, -0.1) is 31.7 Å². The van der Waals surface area contributed by atoms with Crippen molar-refractivity contribution in [3.63, 3.8) is 0 Å². The van der Waals surface area contributed by atoms with Crippen molar-refractivity contribution in [2.45, 2.75) is 6.92 Å². The van der Waals surface area contributed by atoms with Gasteiger partial charge < -0.3 is 10.1 Å². The number of carbonyl (C=O) groups is 1. The minimum absolute atomic E-state index is 0.170. The maximum Gasteiger partial charge on any atom is 0.358 e. The van der Waals surface area contributed by atoms with Crippen LogP contribution < -0.4 is 5.32 Å². The summed E-state index contributed by atoms with van der Waals surface area (Å²) in [4.78, 5) is 12.5. The molecule has 0 aromatic carbocycles. The van der Waals surface area contributed by atoms with Gasteiger partial charge in [0, 0.05) is 0 Å². The molecule has 0 amide bonds. The Kier molecular flexibility index (Phi) is 4.35. The van der Waals surface area contributed by atoms with E-state index in [0.29, 0.717) is 17.6 Å². The van der Waals surface area contributed by atoms with Gasteiger partial charge in [-0.1, -0.05) is 17.4 Å². The smallest absolute Gasteiger partial charge is 0.358 e. The quantitative estimate of drug-likeness (QED) is 0.718. The normalized spacial score (nSPS) is 10.4. The van der Waals surface area contributed by atoms with E-state index in [1.165, 1.54) is 11.3 Å². The summed E-state index contributed by atoms with van der Waals surface area (Å²) >= 11 is 3.03. The first kappa shape index (κ1) is 14.5. The van der Waals surface area contributed by atoms with Gasteiger partial charge in [-0.05, 0) is 30.5 Å². The molecular formula is C13H11N5O2S2. The predicted octanol–water partition coefficient (Wildman–Crippen LogP) is 2.98. The topological polar surface area (TPSA) is 89.9 Å². The summed E-state index contributed by atoms with van der Waals surface area (Å²) in [6.45, 7) is 2.04. The van der Waals surface area contributed by atoms with Crippen molar-refractivity contribution in [2.75, 3.05) is 11.9 Å². The van der Waals surface area contributed by atoms with Gasteiger partial charge >= 0.3 is 5.97 Å². The summed E-state index contributed by atoms with van der Waals surface area (Å²) in [5.41, 5.74) is 0.170. The summed E-state index contributed by atoms with van der Waals surface area (Å²) in [6.07, 6.45) is 0. The molecule has 9 heteroatoms. The lowest BCUT2D eigenvalue weighted by atomic mass is 10.4. The molecule has 0 aliphatic heterocycles. The fraction of sp³-hybridized carbons (Fsp3) is 0.154. The van der Waals surface area contributed by atoms with Crippen LogP contribution in [0.15, 0.2) is 29.6 Å². The van der Waals surface area contributed by atoms with Gasteiger partial charge in [-0.2, -0.15) is 0 Å². The van der Waals surface area contributed by atoms with E-state index in [-0.39, 0.29) is 5.69 Å². The molecule has 0 radical (unpaired) electrons. The molecule has 0 bridgehead atoms. The second-order valence-corrected chi connectivity index (χ2v) is 5.96. The lowest BCUT2D eigenvalue weighted by Crippen LogP contribution is -2.08. The van der Waals surface area contributed by atoms with E-state index in [0.717, 1.165) is 9.88 Å². The monoisotopic (exact) mass is 333 g/mol. The SMILES string of the molecule is CCOC(=O)c1ccc(Nc2nnc(-c3cccs3)s2)nn1. The first-order valence-corrected chi connectivity index (χ1v) is 8.11. The number of anilines is 2. The number of esters is 1. The zero-order chi connectivity index (χ0) is 15.4. The average Bonchev–Trinajstić information content (AvgIpc) is 3.19. The van der Waals surface area contributed by atoms with E-state index in [2.05, 4.69) is 25.7 Å². The molecule has 7 nitrogen and oxygen atoms in total. The first-order valence-electron chi connectivity index (χ1n) is 6.41.